The van der Waals surface area contributed by atoms with E-state index in [-0.39, 0.29) is 0 Å². The van der Waals surface area contributed by atoms with E-state index in [4.69, 9.17) is 0 Å². The predicted octanol–water partition coefficient (Wildman–Crippen LogP) is 3.63. The Labute approximate surface area is 95.1 Å². The summed E-state index contributed by atoms with van der Waals surface area (Å²) in [6.07, 6.45) is 0. The van der Waals surface area contributed by atoms with Crippen LogP contribution < -0.4 is 0 Å². The summed E-state index contributed by atoms with van der Waals surface area (Å²) in [5.41, 5.74) is 1.45. The molecule has 0 saturated heterocycles. The van der Waals surface area contributed by atoms with E-state index in [1.54, 1.807) is 0 Å². The van der Waals surface area contributed by atoms with Crippen molar-refractivity contribution in [3.63, 3.8) is 0 Å². The number of rotatable bonds is 4. The number of hydrogen-bond acceptors (Lipinski definition) is 1. The molecule has 0 saturated carbocycles. The van der Waals surface area contributed by atoms with Gasteiger partial charge in [-0.2, -0.15) is 0 Å². The van der Waals surface area contributed by atoms with Crippen LogP contribution in [-0.4, -0.2) is 27.1 Å². The largest absolute Gasteiger partial charge is 0.303 e. The molecule has 1 atom stereocenters. The van der Waals surface area contributed by atoms with Crippen LogP contribution in [-0.2, 0) is 0 Å². The summed E-state index contributed by atoms with van der Waals surface area (Å²) < 4.78 is 0. The van der Waals surface area contributed by atoms with Crippen LogP contribution >= 0.6 is 0 Å². The van der Waals surface area contributed by atoms with Gasteiger partial charge in [-0.15, -0.1) is 0 Å². The lowest BCUT2D eigenvalue weighted by molar-refractivity contribution is 0.318. The summed E-state index contributed by atoms with van der Waals surface area (Å²) in [5.74, 6) is 0. The first-order valence-electron chi connectivity index (χ1n) is 5.61. The molecule has 1 aromatic carbocycles. The van der Waals surface area contributed by atoms with Crippen molar-refractivity contribution in [2.75, 3.05) is 14.1 Å². The standard InChI is InChI=1S/C13H23NSi/c1-14(2)13(11-15(3,4)5)12-9-7-6-8-10-12/h6-10,13H,11H2,1-5H3. The maximum absolute atomic E-state index is 2.44. The van der Waals surface area contributed by atoms with Gasteiger partial charge in [0.15, 0.2) is 0 Å². The second kappa shape index (κ2) is 4.95. The zero-order chi connectivity index (χ0) is 11.5. The third-order valence-electron chi connectivity index (χ3n) is 2.61. The molecule has 1 aromatic rings. The van der Waals surface area contributed by atoms with Crippen molar-refractivity contribution in [2.24, 2.45) is 0 Å². The maximum atomic E-state index is 2.44. The van der Waals surface area contributed by atoms with Crippen LogP contribution in [0.3, 0.4) is 0 Å². The van der Waals surface area contributed by atoms with Crippen LogP contribution in [0.5, 0.6) is 0 Å². The minimum atomic E-state index is -1.01. The predicted molar refractivity (Wildman–Crippen MR) is 71.0 cm³/mol. The van der Waals surface area contributed by atoms with Crippen molar-refractivity contribution in [3.8, 4) is 0 Å². The van der Waals surface area contributed by atoms with Gasteiger partial charge in [0.1, 0.15) is 0 Å². The fourth-order valence-electron chi connectivity index (χ4n) is 1.85. The molecule has 1 nitrogen and oxygen atoms in total. The third kappa shape index (κ3) is 4.18. The molecule has 0 aromatic heterocycles. The first-order chi connectivity index (χ1) is 6.90. The quantitative estimate of drug-likeness (QED) is 0.702. The lowest BCUT2D eigenvalue weighted by Gasteiger charge is -2.30. The topological polar surface area (TPSA) is 3.24 Å². The molecule has 0 aliphatic carbocycles. The molecule has 0 amide bonds. The summed E-state index contributed by atoms with van der Waals surface area (Å²) in [6.45, 7) is 7.31. The first-order valence-corrected chi connectivity index (χ1v) is 9.32. The lowest BCUT2D eigenvalue weighted by atomic mass is 10.1. The number of benzene rings is 1. The van der Waals surface area contributed by atoms with Crippen molar-refractivity contribution >= 4 is 8.07 Å². The molecule has 0 bridgehead atoms. The Morgan fingerprint density at radius 2 is 1.60 bits per heavy atom. The van der Waals surface area contributed by atoms with Gasteiger partial charge in [0.25, 0.3) is 0 Å². The molecule has 0 radical (unpaired) electrons. The third-order valence-corrected chi connectivity index (χ3v) is 4.22. The molecule has 1 unspecified atom stereocenters. The average molecular weight is 221 g/mol. The van der Waals surface area contributed by atoms with E-state index >= 15 is 0 Å². The van der Waals surface area contributed by atoms with E-state index in [9.17, 15) is 0 Å². The lowest BCUT2D eigenvalue weighted by Crippen LogP contribution is -2.30. The maximum Gasteiger partial charge on any atom is 0.0461 e. The van der Waals surface area contributed by atoms with E-state index in [0.29, 0.717) is 6.04 Å². The number of nitrogens with zero attached hydrogens (tertiary/aromatic N) is 1. The van der Waals surface area contributed by atoms with E-state index in [1.807, 2.05) is 0 Å². The van der Waals surface area contributed by atoms with E-state index in [1.165, 1.54) is 11.6 Å². The van der Waals surface area contributed by atoms with E-state index < -0.39 is 8.07 Å². The van der Waals surface area contributed by atoms with Gasteiger partial charge in [-0.05, 0) is 25.7 Å². The van der Waals surface area contributed by atoms with Crippen molar-refractivity contribution < 1.29 is 0 Å². The summed E-state index contributed by atoms with van der Waals surface area (Å²) in [6, 6.07) is 12.7. The van der Waals surface area contributed by atoms with Crippen molar-refractivity contribution in [2.45, 2.75) is 31.7 Å². The first kappa shape index (κ1) is 12.5. The Bertz CT molecular complexity index is 287. The second-order valence-electron chi connectivity index (χ2n) is 5.65. The fraction of sp³-hybridized carbons (Fsp3) is 0.538. The summed E-state index contributed by atoms with van der Waals surface area (Å²) >= 11 is 0. The van der Waals surface area contributed by atoms with Crippen molar-refractivity contribution in [1.29, 1.82) is 0 Å². The van der Waals surface area contributed by atoms with E-state index in [2.05, 4.69) is 69.0 Å². The fourth-order valence-corrected chi connectivity index (χ4v) is 3.61. The summed E-state index contributed by atoms with van der Waals surface area (Å²) in [5, 5.41) is 0. The Balaban J connectivity index is 2.85. The van der Waals surface area contributed by atoms with Gasteiger partial charge in [-0.3, -0.25) is 0 Å². The highest BCUT2D eigenvalue weighted by atomic mass is 28.3. The highest BCUT2D eigenvalue weighted by Crippen LogP contribution is 2.27. The highest BCUT2D eigenvalue weighted by Gasteiger charge is 2.22. The molecular formula is C13H23NSi. The molecule has 0 aliphatic rings. The SMILES string of the molecule is CN(C)C(C[Si](C)(C)C)c1ccccc1. The van der Waals surface area contributed by atoms with Crippen LogP contribution in [0, 0.1) is 0 Å². The van der Waals surface area contributed by atoms with Gasteiger partial charge in [-0.25, -0.2) is 0 Å². The van der Waals surface area contributed by atoms with E-state index in [0.717, 1.165) is 0 Å². The summed E-state index contributed by atoms with van der Waals surface area (Å²) in [7, 11) is 3.35. The van der Waals surface area contributed by atoms with Crippen molar-refractivity contribution in [1.82, 2.24) is 4.90 Å². The Morgan fingerprint density at radius 1 is 1.07 bits per heavy atom. The second-order valence-corrected chi connectivity index (χ2v) is 11.2. The Kier molecular flexibility index (Phi) is 4.11. The van der Waals surface area contributed by atoms with Crippen LogP contribution in [0.1, 0.15) is 11.6 Å². The van der Waals surface area contributed by atoms with Gasteiger partial charge >= 0.3 is 0 Å². The molecule has 0 aliphatic heterocycles. The molecule has 84 valence electrons. The molecule has 0 fully saturated rings. The normalized spacial score (nSPS) is 14.3. The van der Waals surface area contributed by atoms with Crippen LogP contribution in [0.15, 0.2) is 30.3 Å². The van der Waals surface area contributed by atoms with Crippen LogP contribution in [0.25, 0.3) is 0 Å². The van der Waals surface area contributed by atoms with Gasteiger partial charge in [0, 0.05) is 14.1 Å². The van der Waals surface area contributed by atoms with Gasteiger partial charge in [0.05, 0.1) is 0 Å². The van der Waals surface area contributed by atoms with Gasteiger partial charge < -0.3 is 4.90 Å². The smallest absolute Gasteiger partial charge is 0.0461 e. The van der Waals surface area contributed by atoms with Gasteiger partial charge in [-0.1, -0.05) is 50.0 Å². The minimum absolute atomic E-state index is 0.581. The average Bonchev–Trinajstić information content (AvgIpc) is 2.14. The zero-order valence-corrected chi connectivity index (χ0v) is 11.6. The Morgan fingerprint density at radius 3 is 2.00 bits per heavy atom. The zero-order valence-electron chi connectivity index (χ0n) is 10.6. The molecule has 0 spiro atoms. The van der Waals surface area contributed by atoms with Crippen molar-refractivity contribution in [3.05, 3.63) is 35.9 Å². The molecular weight excluding hydrogens is 198 g/mol. The Hall–Kier alpha value is -0.603. The molecule has 2 heteroatoms. The summed E-state index contributed by atoms with van der Waals surface area (Å²) in [4.78, 5) is 2.34. The van der Waals surface area contributed by atoms with Gasteiger partial charge in [0.2, 0.25) is 0 Å². The monoisotopic (exact) mass is 221 g/mol. The van der Waals surface area contributed by atoms with Crippen LogP contribution in [0.4, 0.5) is 0 Å². The minimum Gasteiger partial charge on any atom is -0.303 e. The number of hydrogen-bond donors (Lipinski definition) is 0. The molecule has 0 N–H and O–H groups in total. The highest BCUT2D eigenvalue weighted by molar-refractivity contribution is 6.76. The molecule has 0 heterocycles. The van der Waals surface area contributed by atoms with Crippen LogP contribution in [0.2, 0.25) is 25.7 Å². The molecule has 15 heavy (non-hydrogen) atoms. The molecule has 1 rings (SSSR count).